The molecule has 4 aliphatic rings. The molecule has 0 bridgehead atoms. The first-order valence-corrected chi connectivity index (χ1v) is 12.1. The molecule has 2 aliphatic carbocycles. The maximum atomic E-state index is 13.4. The van der Waals surface area contributed by atoms with Gasteiger partial charge in [-0.3, -0.25) is 9.59 Å². The standard InChI is InChI=1S/C25H31F3N2O4/c1-17(25(26,27)28)34-19-4-2-18(3-5-19)29-15-14-22(21(29)32)8-12-24(33,13-9-22)16-30-20(31)6-7-23(30)10-11-23/h2-5,17,33H,6-16H2,1H3. The molecule has 4 fully saturated rings. The van der Waals surface area contributed by atoms with Gasteiger partial charge in [0.25, 0.3) is 0 Å². The first-order chi connectivity index (χ1) is 16.0. The fourth-order valence-corrected chi connectivity index (χ4v) is 5.95. The van der Waals surface area contributed by atoms with E-state index in [4.69, 9.17) is 4.74 Å². The van der Waals surface area contributed by atoms with Crippen molar-refractivity contribution in [2.75, 3.05) is 18.0 Å². The van der Waals surface area contributed by atoms with Crippen LogP contribution in [-0.2, 0) is 9.59 Å². The number of anilines is 1. The van der Waals surface area contributed by atoms with Gasteiger partial charge in [-0.05, 0) is 82.6 Å². The molecule has 1 aromatic carbocycles. The third-order valence-electron chi connectivity index (χ3n) is 8.53. The zero-order chi connectivity index (χ0) is 24.4. The van der Waals surface area contributed by atoms with E-state index in [1.54, 1.807) is 17.0 Å². The van der Waals surface area contributed by atoms with Crippen LogP contribution in [0.1, 0.15) is 64.7 Å². The Labute approximate surface area is 197 Å². The fraction of sp³-hybridized carbons (Fsp3) is 0.680. The summed E-state index contributed by atoms with van der Waals surface area (Å²) in [6.07, 6.45) is -0.0973. The highest BCUT2D eigenvalue weighted by Crippen LogP contribution is 2.53. The molecule has 0 radical (unpaired) electrons. The number of β-amino-alcohol motifs (C(OH)–C–C–N with tert-alkyl or cyclic N) is 1. The maximum absolute atomic E-state index is 13.4. The molecule has 2 amide bonds. The molecular weight excluding hydrogens is 449 g/mol. The SMILES string of the molecule is CC(Oc1ccc(N2CCC3(CCC(O)(CN4C(=O)CCC45CC5)CC3)C2=O)cc1)C(F)(F)F. The van der Waals surface area contributed by atoms with Crippen molar-refractivity contribution in [3.63, 3.8) is 0 Å². The van der Waals surface area contributed by atoms with Crippen LogP contribution >= 0.6 is 0 Å². The maximum Gasteiger partial charge on any atom is 0.425 e. The minimum absolute atomic E-state index is 0.00258. The second-order valence-corrected chi connectivity index (χ2v) is 10.7. The van der Waals surface area contributed by atoms with Crippen LogP contribution in [0.2, 0.25) is 0 Å². The lowest BCUT2D eigenvalue weighted by Crippen LogP contribution is -2.51. The topological polar surface area (TPSA) is 70.1 Å². The van der Waals surface area contributed by atoms with Gasteiger partial charge >= 0.3 is 6.18 Å². The molecule has 186 valence electrons. The van der Waals surface area contributed by atoms with Crippen molar-refractivity contribution in [2.24, 2.45) is 5.41 Å². The van der Waals surface area contributed by atoms with Crippen molar-refractivity contribution in [1.29, 1.82) is 0 Å². The number of likely N-dealkylation sites (tertiary alicyclic amines) is 1. The molecular formula is C25H31F3N2O4. The van der Waals surface area contributed by atoms with Gasteiger partial charge < -0.3 is 19.6 Å². The highest BCUT2D eigenvalue weighted by Gasteiger charge is 2.57. The predicted octanol–water partition coefficient (Wildman–Crippen LogP) is 4.20. The zero-order valence-corrected chi connectivity index (χ0v) is 19.4. The number of halogens is 3. The second-order valence-electron chi connectivity index (χ2n) is 10.7. The number of amides is 2. The van der Waals surface area contributed by atoms with E-state index in [9.17, 15) is 27.9 Å². The normalized spacial score (nSPS) is 31.6. The van der Waals surface area contributed by atoms with Gasteiger partial charge in [-0.25, -0.2) is 0 Å². The highest BCUT2D eigenvalue weighted by atomic mass is 19.4. The average molecular weight is 481 g/mol. The molecule has 2 heterocycles. The van der Waals surface area contributed by atoms with Gasteiger partial charge in [0.15, 0.2) is 6.10 Å². The lowest BCUT2D eigenvalue weighted by atomic mass is 9.67. The molecule has 34 heavy (non-hydrogen) atoms. The summed E-state index contributed by atoms with van der Waals surface area (Å²) in [5.41, 5.74) is -0.871. The van der Waals surface area contributed by atoms with E-state index in [1.165, 1.54) is 12.1 Å². The largest absolute Gasteiger partial charge is 0.481 e. The smallest absolute Gasteiger partial charge is 0.425 e. The fourth-order valence-electron chi connectivity index (χ4n) is 5.95. The van der Waals surface area contributed by atoms with Gasteiger partial charge in [0.2, 0.25) is 11.8 Å². The number of aliphatic hydroxyl groups is 1. The number of benzene rings is 1. The number of ether oxygens (including phenoxy) is 1. The van der Waals surface area contributed by atoms with E-state index in [2.05, 4.69) is 0 Å². The van der Waals surface area contributed by atoms with Crippen LogP contribution in [0.3, 0.4) is 0 Å². The Morgan fingerprint density at radius 2 is 1.65 bits per heavy atom. The summed E-state index contributed by atoms with van der Waals surface area (Å²) in [4.78, 5) is 29.4. The lowest BCUT2D eigenvalue weighted by molar-refractivity contribution is -0.189. The number of rotatable bonds is 5. The summed E-state index contributed by atoms with van der Waals surface area (Å²) in [5, 5.41) is 11.3. The van der Waals surface area contributed by atoms with E-state index in [0.29, 0.717) is 57.3 Å². The Bertz CT molecular complexity index is 965. The molecule has 1 aromatic rings. The molecule has 2 saturated carbocycles. The molecule has 9 heteroatoms. The average Bonchev–Trinajstić information content (AvgIpc) is 3.44. The van der Waals surface area contributed by atoms with E-state index in [0.717, 1.165) is 26.2 Å². The van der Waals surface area contributed by atoms with Crippen LogP contribution in [0.4, 0.5) is 18.9 Å². The Hall–Kier alpha value is -2.29. The third-order valence-corrected chi connectivity index (χ3v) is 8.53. The highest BCUT2D eigenvalue weighted by molar-refractivity contribution is 6.00. The minimum atomic E-state index is -4.44. The van der Waals surface area contributed by atoms with E-state index in [-0.39, 0.29) is 23.1 Å². The molecule has 2 spiro atoms. The van der Waals surface area contributed by atoms with Crippen LogP contribution in [0.25, 0.3) is 0 Å². The Morgan fingerprint density at radius 3 is 2.24 bits per heavy atom. The first-order valence-electron chi connectivity index (χ1n) is 12.1. The molecule has 5 rings (SSSR count). The Morgan fingerprint density at radius 1 is 1.00 bits per heavy atom. The summed E-state index contributed by atoms with van der Waals surface area (Å²) < 4.78 is 43.1. The summed E-state index contributed by atoms with van der Waals surface area (Å²) in [5.74, 6) is 0.233. The van der Waals surface area contributed by atoms with Gasteiger partial charge in [-0.15, -0.1) is 0 Å². The molecule has 1 N–H and O–H groups in total. The third kappa shape index (κ3) is 4.06. The molecule has 2 aliphatic heterocycles. The predicted molar refractivity (Wildman–Crippen MR) is 118 cm³/mol. The molecule has 1 unspecified atom stereocenters. The van der Waals surface area contributed by atoms with Crippen molar-refractivity contribution < 1.29 is 32.6 Å². The van der Waals surface area contributed by atoms with Gasteiger partial charge in [0.05, 0.1) is 11.0 Å². The van der Waals surface area contributed by atoms with Gasteiger partial charge in [-0.2, -0.15) is 13.2 Å². The van der Waals surface area contributed by atoms with Gasteiger partial charge in [0, 0.05) is 30.7 Å². The second kappa shape index (κ2) is 7.86. The molecule has 1 atom stereocenters. The monoisotopic (exact) mass is 480 g/mol. The number of carbonyl (C=O) groups is 2. The first kappa shape index (κ1) is 23.5. The number of carbonyl (C=O) groups excluding carboxylic acids is 2. The van der Waals surface area contributed by atoms with Crippen LogP contribution < -0.4 is 9.64 Å². The van der Waals surface area contributed by atoms with Gasteiger partial charge in [0.1, 0.15) is 5.75 Å². The van der Waals surface area contributed by atoms with Gasteiger partial charge in [-0.1, -0.05) is 0 Å². The number of nitrogens with zero attached hydrogens (tertiary/aromatic N) is 2. The van der Waals surface area contributed by atoms with Crippen LogP contribution in [0, 0.1) is 5.41 Å². The van der Waals surface area contributed by atoms with E-state index in [1.807, 2.05) is 4.90 Å². The van der Waals surface area contributed by atoms with Crippen LogP contribution in [0.15, 0.2) is 24.3 Å². The van der Waals surface area contributed by atoms with Crippen molar-refractivity contribution in [2.45, 2.75) is 88.1 Å². The number of hydrogen-bond acceptors (Lipinski definition) is 4. The van der Waals surface area contributed by atoms with Crippen LogP contribution in [0.5, 0.6) is 5.75 Å². The molecule has 6 nitrogen and oxygen atoms in total. The molecule has 0 aromatic heterocycles. The van der Waals surface area contributed by atoms with Crippen molar-refractivity contribution in [3.8, 4) is 5.75 Å². The summed E-state index contributed by atoms with van der Waals surface area (Å²) >= 11 is 0. The summed E-state index contributed by atoms with van der Waals surface area (Å²) in [7, 11) is 0. The Balaban J connectivity index is 1.21. The van der Waals surface area contributed by atoms with Crippen molar-refractivity contribution >= 4 is 17.5 Å². The number of alkyl halides is 3. The van der Waals surface area contributed by atoms with E-state index >= 15 is 0 Å². The number of hydrogen-bond donors (Lipinski definition) is 1. The summed E-state index contributed by atoms with van der Waals surface area (Å²) in [6, 6.07) is 6.14. The minimum Gasteiger partial charge on any atom is -0.481 e. The van der Waals surface area contributed by atoms with E-state index < -0.39 is 23.3 Å². The van der Waals surface area contributed by atoms with Crippen LogP contribution in [-0.4, -0.2) is 58.3 Å². The van der Waals surface area contributed by atoms with Crippen molar-refractivity contribution in [3.05, 3.63) is 24.3 Å². The van der Waals surface area contributed by atoms with Crippen molar-refractivity contribution in [1.82, 2.24) is 4.90 Å². The molecule has 2 saturated heterocycles. The quantitative estimate of drug-likeness (QED) is 0.686. The Kier molecular flexibility index (Phi) is 5.42. The zero-order valence-electron chi connectivity index (χ0n) is 19.4. The summed E-state index contributed by atoms with van der Waals surface area (Å²) in [6.45, 7) is 1.85. The lowest BCUT2D eigenvalue weighted by Gasteiger charge is -2.43.